The monoisotopic (exact) mass is 273 g/mol. The van der Waals surface area contributed by atoms with Crippen LogP contribution in [0, 0.1) is 0 Å². The Bertz CT molecular complexity index is 462. The zero-order valence-electron chi connectivity index (χ0n) is 11.8. The van der Waals surface area contributed by atoms with Gasteiger partial charge in [-0.2, -0.15) is 0 Å². The summed E-state index contributed by atoms with van der Waals surface area (Å²) in [5.74, 6) is 0.0834. The maximum Gasteiger partial charge on any atom is 0.222 e. The van der Waals surface area contributed by atoms with Crippen molar-refractivity contribution in [2.45, 2.75) is 43.8 Å². The van der Waals surface area contributed by atoms with E-state index in [-0.39, 0.29) is 11.9 Å². The normalized spacial score (nSPS) is 27.2. The lowest BCUT2D eigenvalue weighted by Crippen LogP contribution is -2.43. The molecule has 2 aliphatic heterocycles. The van der Waals surface area contributed by atoms with Gasteiger partial charge in [0.2, 0.25) is 5.91 Å². The van der Waals surface area contributed by atoms with E-state index in [1.807, 2.05) is 30.3 Å². The molecule has 3 atom stereocenters. The van der Waals surface area contributed by atoms with E-state index >= 15 is 0 Å². The summed E-state index contributed by atoms with van der Waals surface area (Å²) in [5.41, 5.74) is 7.13. The van der Waals surface area contributed by atoms with Crippen molar-refractivity contribution < 1.29 is 4.79 Å². The highest BCUT2D eigenvalue weighted by Gasteiger charge is 2.37. The van der Waals surface area contributed by atoms with Crippen LogP contribution < -0.4 is 11.1 Å². The molecule has 4 heteroatoms. The number of carbonyl (C=O) groups excluding carboxylic acids is 1. The average Bonchev–Trinajstić information content (AvgIpc) is 3.05. The van der Waals surface area contributed by atoms with Crippen LogP contribution in [0.5, 0.6) is 0 Å². The Kier molecular flexibility index (Phi) is 4.03. The number of fused-ring (bicyclic) bond motifs is 1. The zero-order chi connectivity index (χ0) is 13.9. The highest BCUT2D eigenvalue weighted by Crippen LogP contribution is 2.28. The van der Waals surface area contributed by atoms with E-state index in [0.29, 0.717) is 18.5 Å². The molecule has 1 aromatic rings. The standard InChI is InChI=1S/C16H23N3O/c17-13(12-5-2-1-3-6-12)11-16(20)18-14-8-10-19-9-4-7-15(14)19/h1-3,5-6,13-15H,4,7-11,17H2,(H,18,20). The van der Waals surface area contributed by atoms with Gasteiger partial charge in [0, 0.05) is 31.1 Å². The van der Waals surface area contributed by atoms with Gasteiger partial charge in [-0.05, 0) is 31.4 Å². The number of hydrogen-bond donors (Lipinski definition) is 2. The molecule has 1 amide bonds. The van der Waals surface area contributed by atoms with Crippen molar-refractivity contribution in [1.82, 2.24) is 10.2 Å². The van der Waals surface area contributed by atoms with E-state index in [0.717, 1.165) is 18.5 Å². The van der Waals surface area contributed by atoms with Crippen LogP contribution >= 0.6 is 0 Å². The second kappa shape index (κ2) is 5.94. The van der Waals surface area contributed by atoms with Gasteiger partial charge in [0.05, 0.1) is 0 Å². The highest BCUT2D eigenvalue weighted by molar-refractivity contribution is 5.77. The lowest BCUT2D eigenvalue weighted by Gasteiger charge is -2.22. The maximum atomic E-state index is 12.2. The summed E-state index contributed by atoms with van der Waals surface area (Å²) >= 11 is 0. The summed E-state index contributed by atoms with van der Waals surface area (Å²) in [4.78, 5) is 14.7. The summed E-state index contributed by atoms with van der Waals surface area (Å²) in [6.07, 6.45) is 3.93. The first kappa shape index (κ1) is 13.6. The molecule has 3 N–H and O–H groups in total. The van der Waals surface area contributed by atoms with Gasteiger partial charge in [0.1, 0.15) is 0 Å². The smallest absolute Gasteiger partial charge is 0.222 e. The Morgan fingerprint density at radius 2 is 2.10 bits per heavy atom. The highest BCUT2D eigenvalue weighted by atomic mass is 16.1. The molecule has 2 fully saturated rings. The Hall–Kier alpha value is -1.39. The lowest BCUT2D eigenvalue weighted by atomic mass is 10.0. The van der Waals surface area contributed by atoms with Gasteiger partial charge in [-0.25, -0.2) is 0 Å². The van der Waals surface area contributed by atoms with Crippen molar-refractivity contribution in [3.63, 3.8) is 0 Å². The second-order valence-corrected chi connectivity index (χ2v) is 5.93. The second-order valence-electron chi connectivity index (χ2n) is 5.93. The third-order valence-corrected chi connectivity index (χ3v) is 4.59. The number of nitrogens with two attached hydrogens (primary N) is 1. The first-order chi connectivity index (χ1) is 9.74. The summed E-state index contributed by atoms with van der Waals surface area (Å²) in [5, 5.41) is 3.19. The number of benzene rings is 1. The number of hydrogen-bond acceptors (Lipinski definition) is 3. The van der Waals surface area contributed by atoms with Crippen molar-refractivity contribution in [1.29, 1.82) is 0 Å². The molecule has 0 radical (unpaired) electrons. The Morgan fingerprint density at radius 1 is 1.30 bits per heavy atom. The SMILES string of the molecule is NC(CC(=O)NC1CCN2CCCC12)c1ccccc1. The van der Waals surface area contributed by atoms with Gasteiger partial charge < -0.3 is 11.1 Å². The topological polar surface area (TPSA) is 58.4 Å². The fraction of sp³-hybridized carbons (Fsp3) is 0.562. The molecule has 0 spiro atoms. The number of rotatable bonds is 4. The molecule has 0 bridgehead atoms. The number of nitrogens with one attached hydrogen (secondary N) is 1. The Balaban J connectivity index is 1.52. The predicted molar refractivity (Wildman–Crippen MR) is 79.1 cm³/mol. The third-order valence-electron chi connectivity index (χ3n) is 4.59. The van der Waals surface area contributed by atoms with E-state index < -0.39 is 0 Å². The van der Waals surface area contributed by atoms with Crippen molar-refractivity contribution >= 4 is 5.91 Å². The molecule has 3 unspecified atom stereocenters. The molecule has 3 rings (SSSR count). The molecule has 2 heterocycles. The van der Waals surface area contributed by atoms with E-state index in [1.165, 1.54) is 19.4 Å². The summed E-state index contributed by atoms with van der Waals surface area (Å²) in [6.45, 7) is 2.32. The van der Waals surface area contributed by atoms with Gasteiger partial charge in [-0.3, -0.25) is 9.69 Å². The molecule has 0 aliphatic carbocycles. The predicted octanol–water partition coefficient (Wildman–Crippen LogP) is 1.43. The van der Waals surface area contributed by atoms with Gasteiger partial charge in [-0.1, -0.05) is 30.3 Å². The van der Waals surface area contributed by atoms with E-state index in [4.69, 9.17) is 5.73 Å². The van der Waals surface area contributed by atoms with Crippen LogP contribution in [0.15, 0.2) is 30.3 Å². The van der Waals surface area contributed by atoms with Gasteiger partial charge in [0.15, 0.2) is 0 Å². The lowest BCUT2D eigenvalue weighted by molar-refractivity contribution is -0.122. The van der Waals surface area contributed by atoms with Crippen LogP contribution in [0.1, 0.15) is 37.3 Å². The average molecular weight is 273 g/mol. The van der Waals surface area contributed by atoms with Crippen LogP contribution in [-0.4, -0.2) is 36.0 Å². The number of amides is 1. The van der Waals surface area contributed by atoms with Gasteiger partial charge >= 0.3 is 0 Å². The Morgan fingerprint density at radius 3 is 2.90 bits per heavy atom. The van der Waals surface area contributed by atoms with Crippen molar-refractivity contribution in [2.24, 2.45) is 5.73 Å². The quantitative estimate of drug-likeness (QED) is 0.872. The first-order valence-electron chi connectivity index (χ1n) is 7.58. The third kappa shape index (κ3) is 2.86. The number of carbonyl (C=O) groups is 1. The fourth-order valence-electron chi connectivity index (χ4n) is 3.53. The van der Waals surface area contributed by atoms with Crippen LogP contribution in [-0.2, 0) is 4.79 Å². The molecule has 108 valence electrons. The van der Waals surface area contributed by atoms with Crippen LogP contribution in [0.4, 0.5) is 0 Å². The molecular weight excluding hydrogens is 250 g/mol. The molecule has 20 heavy (non-hydrogen) atoms. The van der Waals surface area contributed by atoms with Crippen molar-refractivity contribution in [3.8, 4) is 0 Å². The van der Waals surface area contributed by atoms with E-state index in [2.05, 4.69) is 10.2 Å². The molecule has 2 aliphatic rings. The Labute approximate surface area is 120 Å². The molecule has 4 nitrogen and oxygen atoms in total. The molecule has 0 saturated carbocycles. The van der Waals surface area contributed by atoms with Crippen LogP contribution in [0.2, 0.25) is 0 Å². The molecular formula is C16H23N3O. The van der Waals surface area contributed by atoms with Gasteiger partial charge in [-0.15, -0.1) is 0 Å². The molecule has 0 aromatic heterocycles. The van der Waals surface area contributed by atoms with Crippen molar-refractivity contribution in [3.05, 3.63) is 35.9 Å². The zero-order valence-corrected chi connectivity index (χ0v) is 11.8. The fourth-order valence-corrected chi connectivity index (χ4v) is 3.53. The maximum absolute atomic E-state index is 12.2. The van der Waals surface area contributed by atoms with E-state index in [1.54, 1.807) is 0 Å². The first-order valence-corrected chi connectivity index (χ1v) is 7.58. The summed E-state index contributed by atoms with van der Waals surface area (Å²) in [6, 6.07) is 10.5. The largest absolute Gasteiger partial charge is 0.352 e. The minimum atomic E-state index is -0.211. The molecule has 1 aromatic carbocycles. The van der Waals surface area contributed by atoms with E-state index in [9.17, 15) is 4.79 Å². The van der Waals surface area contributed by atoms with Gasteiger partial charge in [0.25, 0.3) is 0 Å². The summed E-state index contributed by atoms with van der Waals surface area (Å²) < 4.78 is 0. The van der Waals surface area contributed by atoms with Crippen molar-refractivity contribution in [2.75, 3.05) is 13.1 Å². The summed E-state index contributed by atoms with van der Waals surface area (Å²) in [7, 11) is 0. The van der Waals surface area contributed by atoms with Crippen LogP contribution in [0.3, 0.4) is 0 Å². The molecule has 2 saturated heterocycles. The minimum absolute atomic E-state index is 0.0834. The van der Waals surface area contributed by atoms with Crippen LogP contribution in [0.25, 0.3) is 0 Å². The number of nitrogens with zero attached hydrogens (tertiary/aromatic N) is 1. The minimum Gasteiger partial charge on any atom is -0.352 e.